The van der Waals surface area contributed by atoms with E-state index in [4.69, 9.17) is 16.0 Å². The first-order chi connectivity index (χ1) is 10.6. The molecule has 4 nitrogen and oxygen atoms in total. The van der Waals surface area contributed by atoms with E-state index in [1.165, 1.54) is 5.56 Å². The second kappa shape index (κ2) is 6.20. The summed E-state index contributed by atoms with van der Waals surface area (Å²) in [5.74, 6) is 1.06. The Morgan fingerprint density at radius 1 is 1.05 bits per heavy atom. The average Bonchev–Trinajstić information content (AvgIpc) is 2.98. The molecule has 0 amide bonds. The molecule has 3 aromatic rings. The lowest BCUT2D eigenvalue weighted by Crippen LogP contribution is -2.01. The summed E-state index contributed by atoms with van der Waals surface area (Å²) in [6, 6.07) is 13.7. The number of benzene rings is 2. The normalized spacial score (nSPS) is 10.7. The molecule has 0 fully saturated rings. The third-order valence-corrected chi connectivity index (χ3v) is 3.87. The van der Waals surface area contributed by atoms with Crippen molar-refractivity contribution in [3.8, 4) is 11.5 Å². The topological polar surface area (TPSA) is 51.0 Å². The highest BCUT2D eigenvalue weighted by molar-refractivity contribution is 6.31. The van der Waals surface area contributed by atoms with Gasteiger partial charge in [0, 0.05) is 16.3 Å². The number of anilines is 1. The lowest BCUT2D eigenvalue weighted by Gasteiger charge is -2.08. The average molecular weight is 314 g/mol. The van der Waals surface area contributed by atoms with Crippen LogP contribution in [0.25, 0.3) is 11.5 Å². The van der Waals surface area contributed by atoms with Gasteiger partial charge < -0.3 is 9.73 Å². The molecule has 0 aliphatic rings. The van der Waals surface area contributed by atoms with Crippen LogP contribution < -0.4 is 5.32 Å². The van der Waals surface area contributed by atoms with Crippen molar-refractivity contribution < 1.29 is 4.42 Å². The fraction of sp³-hybridized carbons (Fsp3) is 0.176. The van der Waals surface area contributed by atoms with Gasteiger partial charge in [-0.25, -0.2) is 0 Å². The molecular weight excluding hydrogens is 298 g/mol. The van der Waals surface area contributed by atoms with Gasteiger partial charge in [0.2, 0.25) is 11.8 Å². The minimum absolute atomic E-state index is 0.458. The Bertz CT molecular complexity index is 781. The highest BCUT2D eigenvalue weighted by Gasteiger charge is 2.09. The van der Waals surface area contributed by atoms with Crippen molar-refractivity contribution in [3.63, 3.8) is 0 Å². The van der Waals surface area contributed by atoms with Crippen LogP contribution in [-0.2, 0) is 6.54 Å². The Morgan fingerprint density at radius 3 is 2.59 bits per heavy atom. The number of aromatic nitrogens is 2. The summed E-state index contributed by atoms with van der Waals surface area (Å²) in [6.45, 7) is 4.47. The third-order valence-electron chi connectivity index (χ3n) is 3.46. The van der Waals surface area contributed by atoms with Crippen LogP contribution in [0.1, 0.15) is 17.0 Å². The molecule has 0 saturated carbocycles. The number of hydrogen-bond acceptors (Lipinski definition) is 4. The van der Waals surface area contributed by atoms with Crippen LogP contribution >= 0.6 is 11.6 Å². The summed E-state index contributed by atoms with van der Waals surface area (Å²) >= 11 is 6.10. The minimum Gasteiger partial charge on any atom is -0.419 e. The number of halogens is 1. The van der Waals surface area contributed by atoms with Gasteiger partial charge in [-0.05, 0) is 43.7 Å². The van der Waals surface area contributed by atoms with E-state index in [-0.39, 0.29) is 0 Å². The lowest BCUT2D eigenvalue weighted by molar-refractivity contribution is 0.515. The maximum atomic E-state index is 6.10. The van der Waals surface area contributed by atoms with Crippen molar-refractivity contribution in [1.29, 1.82) is 0 Å². The van der Waals surface area contributed by atoms with Gasteiger partial charge in [0.15, 0.2) is 0 Å². The fourth-order valence-electron chi connectivity index (χ4n) is 2.11. The molecule has 3 rings (SSSR count). The smallest absolute Gasteiger partial charge is 0.247 e. The second-order valence-corrected chi connectivity index (χ2v) is 5.54. The van der Waals surface area contributed by atoms with E-state index in [1.54, 1.807) is 0 Å². The predicted molar refractivity (Wildman–Crippen MR) is 88.0 cm³/mol. The Kier molecular flexibility index (Phi) is 4.11. The first-order valence-corrected chi connectivity index (χ1v) is 7.39. The van der Waals surface area contributed by atoms with Crippen molar-refractivity contribution in [2.75, 3.05) is 5.32 Å². The zero-order chi connectivity index (χ0) is 15.5. The number of aryl methyl sites for hydroxylation is 1. The summed E-state index contributed by atoms with van der Waals surface area (Å²) < 4.78 is 5.68. The molecule has 0 spiro atoms. The van der Waals surface area contributed by atoms with Crippen molar-refractivity contribution in [3.05, 3.63) is 64.5 Å². The van der Waals surface area contributed by atoms with Crippen molar-refractivity contribution in [2.24, 2.45) is 0 Å². The molecular formula is C17H16ClN3O. The van der Waals surface area contributed by atoms with E-state index < -0.39 is 0 Å². The van der Waals surface area contributed by atoms with Crippen LogP contribution in [0.5, 0.6) is 0 Å². The maximum absolute atomic E-state index is 6.10. The molecule has 5 heteroatoms. The van der Waals surface area contributed by atoms with E-state index >= 15 is 0 Å². The van der Waals surface area contributed by atoms with E-state index in [2.05, 4.69) is 15.5 Å². The largest absolute Gasteiger partial charge is 0.419 e. The molecule has 112 valence electrons. The second-order valence-electron chi connectivity index (χ2n) is 5.13. The van der Waals surface area contributed by atoms with Gasteiger partial charge in [-0.15, -0.1) is 10.2 Å². The molecule has 2 aromatic carbocycles. The number of rotatable bonds is 4. The number of nitrogens with one attached hydrogen (secondary N) is 1. The van der Waals surface area contributed by atoms with Gasteiger partial charge >= 0.3 is 0 Å². The van der Waals surface area contributed by atoms with E-state index in [1.807, 2.05) is 56.3 Å². The minimum atomic E-state index is 0.458. The van der Waals surface area contributed by atoms with Gasteiger partial charge in [0.25, 0.3) is 0 Å². The molecule has 22 heavy (non-hydrogen) atoms. The number of hydrogen-bond donors (Lipinski definition) is 1. The maximum Gasteiger partial charge on any atom is 0.247 e. The quantitative estimate of drug-likeness (QED) is 0.763. The van der Waals surface area contributed by atoms with Crippen LogP contribution in [0.2, 0.25) is 5.02 Å². The summed E-state index contributed by atoms with van der Waals surface area (Å²) in [5.41, 5.74) is 4.08. The highest BCUT2D eigenvalue weighted by Crippen LogP contribution is 2.24. The zero-order valence-electron chi connectivity index (χ0n) is 12.4. The Labute approximate surface area is 134 Å². The third kappa shape index (κ3) is 3.12. The standard InChI is InChI=1S/C17H16ClN3O/c1-11-6-8-13(9-7-11)17-21-20-16(22-17)10-19-15-5-3-4-14(18)12(15)2/h3-9,19H,10H2,1-2H3. The summed E-state index contributed by atoms with van der Waals surface area (Å²) in [4.78, 5) is 0. The van der Waals surface area contributed by atoms with E-state index in [9.17, 15) is 0 Å². The molecule has 1 heterocycles. The SMILES string of the molecule is Cc1ccc(-c2nnc(CNc3cccc(Cl)c3C)o2)cc1. The van der Waals surface area contributed by atoms with Crippen molar-refractivity contribution in [1.82, 2.24) is 10.2 Å². The van der Waals surface area contributed by atoms with Crippen molar-refractivity contribution >= 4 is 17.3 Å². The fourth-order valence-corrected chi connectivity index (χ4v) is 2.28. The first-order valence-electron chi connectivity index (χ1n) is 7.02. The predicted octanol–water partition coefficient (Wildman–Crippen LogP) is 4.62. The van der Waals surface area contributed by atoms with Crippen LogP contribution in [0, 0.1) is 13.8 Å². The molecule has 0 bridgehead atoms. The van der Waals surface area contributed by atoms with Crippen molar-refractivity contribution in [2.45, 2.75) is 20.4 Å². The van der Waals surface area contributed by atoms with E-state index in [0.29, 0.717) is 18.3 Å². The zero-order valence-corrected chi connectivity index (χ0v) is 13.2. The summed E-state index contributed by atoms with van der Waals surface area (Å²) in [6.07, 6.45) is 0. The lowest BCUT2D eigenvalue weighted by atomic mass is 10.1. The summed E-state index contributed by atoms with van der Waals surface area (Å²) in [5, 5.41) is 12.2. The van der Waals surface area contributed by atoms with Gasteiger partial charge in [-0.2, -0.15) is 0 Å². The van der Waals surface area contributed by atoms with E-state index in [0.717, 1.165) is 21.8 Å². The molecule has 1 N–H and O–H groups in total. The molecule has 0 unspecified atom stereocenters. The summed E-state index contributed by atoms with van der Waals surface area (Å²) in [7, 11) is 0. The molecule has 0 aliphatic carbocycles. The van der Waals surface area contributed by atoms with Gasteiger partial charge in [-0.1, -0.05) is 35.4 Å². The molecule has 1 aromatic heterocycles. The van der Waals surface area contributed by atoms with Gasteiger partial charge in [-0.3, -0.25) is 0 Å². The monoisotopic (exact) mass is 313 g/mol. The van der Waals surface area contributed by atoms with Gasteiger partial charge in [0.1, 0.15) is 0 Å². The van der Waals surface area contributed by atoms with Crippen LogP contribution in [0.3, 0.4) is 0 Å². The van der Waals surface area contributed by atoms with Crippen LogP contribution in [0.4, 0.5) is 5.69 Å². The Morgan fingerprint density at radius 2 is 1.82 bits per heavy atom. The Balaban J connectivity index is 1.72. The van der Waals surface area contributed by atoms with Crippen LogP contribution in [0.15, 0.2) is 46.9 Å². The first kappa shape index (κ1) is 14.6. The molecule has 0 saturated heterocycles. The van der Waals surface area contributed by atoms with Crippen LogP contribution in [-0.4, -0.2) is 10.2 Å². The number of nitrogens with zero attached hydrogens (tertiary/aromatic N) is 2. The molecule has 0 atom stereocenters. The van der Waals surface area contributed by atoms with Gasteiger partial charge in [0.05, 0.1) is 6.54 Å². The molecule has 0 radical (unpaired) electrons. The highest BCUT2D eigenvalue weighted by atomic mass is 35.5. The molecule has 0 aliphatic heterocycles. The Hall–Kier alpha value is -2.33.